The number of para-hydroxylation sites is 1. The summed E-state index contributed by atoms with van der Waals surface area (Å²) in [5.41, 5.74) is 1.04. The number of carbonyl (C=O) groups is 1. The molecule has 1 heterocycles. The van der Waals surface area contributed by atoms with Gasteiger partial charge in [-0.1, -0.05) is 18.2 Å². The zero-order chi connectivity index (χ0) is 17.5. The molecular formula is C19H24N2O3. The van der Waals surface area contributed by atoms with Gasteiger partial charge in [0.1, 0.15) is 17.3 Å². The molecule has 5 nitrogen and oxygen atoms in total. The number of nitrogens with one attached hydrogen (secondary N) is 1. The Morgan fingerprint density at radius 2 is 2.04 bits per heavy atom. The Balaban J connectivity index is 2.01. The molecule has 0 aliphatic carbocycles. The summed E-state index contributed by atoms with van der Waals surface area (Å²) in [5.74, 6) is 2.13. The summed E-state index contributed by atoms with van der Waals surface area (Å²) < 4.78 is 10.8. The van der Waals surface area contributed by atoms with E-state index in [9.17, 15) is 4.79 Å². The fourth-order valence-electron chi connectivity index (χ4n) is 2.47. The summed E-state index contributed by atoms with van der Waals surface area (Å²) in [6.07, 6.45) is 3.14. The van der Waals surface area contributed by atoms with Crippen molar-refractivity contribution in [1.82, 2.24) is 10.2 Å². The number of carbonyl (C=O) groups excluding carboxylic acids is 1. The molecule has 0 saturated carbocycles. The number of methoxy groups -OCH3 is 1. The molecule has 0 saturated heterocycles. The van der Waals surface area contributed by atoms with Crippen LogP contribution in [-0.2, 0) is 4.79 Å². The van der Waals surface area contributed by atoms with Gasteiger partial charge in [-0.2, -0.15) is 0 Å². The maximum atomic E-state index is 12.0. The van der Waals surface area contributed by atoms with Gasteiger partial charge in [-0.3, -0.25) is 4.79 Å². The van der Waals surface area contributed by atoms with Gasteiger partial charge in [0.2, 0.25) is 5.91 Å². The number of likely N-dealkylation sites (N-methyl/N-ethyl adjacent to an activating group) is 1. The first-order valence-electron chi connectivity index (χ1n) is 7.83. The fourth-order valence-corrected chi connectivity index (χ4v) is 2.47. The van der Waals surface area contributed by atoms with Gasteiger partial charge in [0.05, 0.1) is 13.2 Å². The van der Waals surface area contributed by atoms with Crippen molar-refractivity contribution in [3.05, 3.63) is 59.6 Å². The number of aryl methyl sites for hydroxylation is 1. The molecule has 128 valence electrons. The number of hydrogen-bond donors (Lipinski definition) is 1. The highest BCUT2D eigenvalue weighted by atomic mass is 16.5. The third-order valence-corrected chi connectivity index (χ3v) is 3.75. The van der Waals surface area contributed by atoms with Crippen molar-refractivity contribution in [2.24, 2.45) is 0 Å². The summed E-state index contributed by atoms with van der Waals surface area (Å²) >= 11 is 0. The van der Waals surface area contributed by atoms with Crippen LogP contribution in [0.5, 0.6) is 5.75 Å². The van der Waals surface area contributed by atoms with E-state index in [4.69, 9.17) is 9.15 Å². The normalized spacial score (nSPS) is 12.5. The molecule has 24 heavy (non-hydrogen) atoms. The molecule has 1 aromatic carbocycles. The van der Waals surface area contributed by atoms with Crippen molar-refractivity contribution in [3.63, 3.8) is 0 Å². The second-order valence-corrected chi connectivity index (χ2v) is 5.75. The lowest BCUT2D eigenvalue weighted by Crippen LogP contribution is -2.33. The van der Waals surface area contributed by atoms with Crippen molar-refractivity contribution in [1.29, 1.82) is 0 Å². The van der Waals surface area contributed by atoms with E-state index in [1.54, 1.807) is 13.2 Å². The number of amides is 1. The molecule has 0 radical (unpaired) electrons. The molecule has 5 heteroatoms. The number of benzene rings is 1. The lowest BCUT2D eigenvalue weighted by atomic mass is 10.0. The van der Waals surface area contributed by atoms with Gasteiger partial charge < -0.3 is 19.4 Å². The van der Waals surface area contributed by atoms with E-state index >= 15 is 0 Å². The molecule has 2 rings (SSSR count). The Kier molecular flexibility index (Phi) is 6.21. The topological polar surface area (TPSA) is 54.7 Å². The van der Waals surface area contributed by atoms with Crippen LogP contribution in [0.15, 0.2) is 46.9 Å². The number of furan rings is 1. The average molecular weight is 328 g/mol. The van der Waals surface area contributed by atoms with Crippen molar-refractivity contribution in [3.8, 4) is 5.75 Å². The second kappa shape index (κ2) is 8.36. The van der Waals surface area contributed by atoms with Crippen molar-refractivity contribution >= 4 is 12.0 Å². The standard InChI is InChI=1S/C19H24N2O3/c1-14-9-10-15(24-14)11-12-19(22)20-13-17(21(2)3)16-7-5-6-8-18(16)23-4/h5-12,17H,13H2,1-4H3,(H,20,22)/b12-11+. The molecular weight excluding hydrogens is 304 g/mol. The maximum absolute atomic E-state index is 12.0. The predicted molar refractivity (Wildman–Crippen MR) is 94.9 cm³/mol. The van der Waals surface area contributed by atoms with E-state index in [1.807, 2.05) is 57.4 Å². The average Bonchev–Trinajstić information content (AvgIpc) is 2.98. The SMILES string of the molecule is COc1ccccc1C(CNC(=O)/C=C/c1ccc(C)o1)N(C)C. The van der Waals surface area contributed by atoms with E-state index < -0.39 is 0 Å². The first-order chi connectivity index (χ1) is 11.5. The predicted octanol–water partition coefficient (Wildman–Crippen LogP) is 3.03. The van der Waals surface area contributed by atoms with Crippen LogP contribution in [0.25, 0.3) is 6.08 Å². The fraction of sp³-hybridized carbons (Fsp3) is 0.316. The van der Waals surface area contributed by atoms with E-state index in [1.165, 1.54) is 6.08 Å². The van der Waals surface area contributed by atoms with Crippen LogP contribution in [0, 0.1) is 6.92 Å². The summed E-state index contributed by atoms with van der Waals surface area (Å²) in [6.45, 7) is 2.35. The molecule has 0 fully saturated rings. The molecule has 0 bridgehead atoms. The summed E-state index contributed by atoms with van der Waals surface area (Å²) in [6, 6.07) is 11.5. The van der Waals surface area contributed by atoms with Crippen LogP contribution in [-0.4, -0.2) is 38.6 Å². The number of nitrogens with zero attached hydrogens (tertiary/aromatic N) is 1. The van der Waals surface area contributed by atoms with Crippen LogP contribution >= 0.6 is 0 Å². The van der Waals surface area contributed by atoms with Gasteiger partial charge in [0.25, 0.3) is 0 Å². The number of hydrogen-bond acceptors (Lipinski definition) is 4. The van der Waals surface area contributed by atoms with Crippen molar-refractivity contribution in [2.75, 3.05) is 27.7 Å². The van der Waals surface area contributed by atoms with Gasteiger partial charge in [-0.25, -0.2) is 0 Å². The van der Waals surface area contributed by atoms with Crippen LogP contribution in [0.1, 0.15) is 23.1 Å². The first-order valence-corrected chi connectivity index (χ1v) is 7.83. The van der Waals surface area contributed by atoms with Crippen molar-refractivity contribution in [2.45, 2.75) is 13.0 Å². The molecule has 1 atom stereocenters. The van der Waals surface area contributed by atoms with Crippen LogP contribution in [0.4, 0.5) is 0 Å². The van der Waals surface area contributed by atoms with Crippen molar-refractivity contribution < 1.29 is 13.9 Å². The minimum absolute atomic E-state index is 0.0179. The Hall–Kier alpha value is -2.53. The quantitative estimate of drug-likeness (QED) is 0.794. The molecule has 2 aromatic rings. The second-order valence-electron chi connectivity index (χ2n) is 5.75. The van der Waals surface area contributed by atoms with Crippen LogP contribution in [0.2, 0.25) is 0 Å². The van der Waals surface area contributed by atoms with Crippen LogP contribution < -0.4 is 10.1 Å². The highest BCUT2D eigenvalue weighted by molar-refractivity contribution is 5.91. The third-order valence-electron chi connectivity index (χ3n) is 3.75. The molecule has 1 amide bonds. The summed E-state index contributed by atoms with van der Waals surface area (Å²) in [7, 11) is 5.60. The molecule has 0 aliphatic heterocycles. The Labute approximate surface area is 142 Å². The van der Waals surface area contributed by atoms with E-state index in [-0.39, 0.29) is 11.9 Å². The third kappa shape index (κ3) is 4.73. The highest BCUT2D eigenvalue weighted by Crippen LogP contribution is 2.27. The van der Waals surface area contributed by atoms with Gasteiger partial charge in [0, 0.05) is 18.2 Å². The Morgan fingerprint density at radius 3 is 2.67 bits per heavy atom. The summed E-state index contributed by atoms with van der Waals surface area (Å²) in [5, 5.41) is 2.93. The smallest absolute Gasteiger partial charge is 0.244 e. The van der Waals surface area contributed by atoms with Gasteiger partial charge in [0.15, 0.2) is 0 Å². The Morgan fingerprint density at radius 1 is 1.29 bits per heavy atom. The maximum Gasteiger partial charge on any atom is 0.244 e. The largest absolute Gasteiger partial charge is 0.496 e. The zero-order valence-corrected chi connectivity index (χ0v) is 14.6. The minimum atomic E-state index is -0.161. The lowest BCUT2D eigenvalue weighted by Gasteiger charge is -2.26. The molecule has 0 spiro atoms. The van der Waals surface area contributed by atoms with Gasteiger partial charge in [-0.05, 0) is 45.3 Å². The summed E-state index contributed by atoms with van der Waals surface area (Å²) in [4.78, 5) is 14.1. The molecule has 1 aromatic heterocycles. The van der Waals surface area contributed by atoms with E-state index in [0.717, 1.165) is 17.1 Å². The molecule has 0 aliphatic rings. The van der Waals surface area contributed by atoms with E-state index in [0.29, 0.717) is 12.3 Å². The van der Waals surface area contributed by atoms with E-state index in [2.05, 4.69) is 10.2 Å². The highest BCUT2D eigenvalue weighted by Gasteiger charge is 2.18. The number of ether oxygens (including phenoxy) is 1. The van der Waals surface area contributed by atoms with Gasteiger partial charge >= 0.3 is 0 Å². The number of rotatable bonds is 7. The van der Waals surface area contributed by atoms with Gasteiger partial charge in [-0.15, -0.1) is 0 Å². The Bertz CT molecular complexity index is 704. The monoisotopic (exact) mass is 328 g/mol. The van der Waals surface area contributed by atoms with Crippen LogP contribution in [0.3, 0.4) is 0 Å². The molecule has 1 unspecified atom stereocenters. The zero-order valence-electron chi connectivity index (χ0n) is 14.6. The minimum Gasteiger partial charge on any atom is -0.496 e. The molecule has 1 N–H and O–H groups in total. The lowest BCUT2D eigenvalue weighted by molar-refractivity contribution is -0.116. The first kappa shape index (κ1) is 17.8.